The molecule has 1 aromatic carbocycles. The van der Waals surface area contributed by atoms with Crippen molar-refractivity contribution in [3.05, 3.63) is 53.6 Å². The molecule has 5 heteroatoms. The second-order valence-corrected chi connectivity index (χ2v) is 6.40. The fourth-order valence-corrected chi connectivity index (χ4v) is 3.21. The minimum absolute atomic E-state index is 0.0223. The van der Waals surface area contributed by atoms with Gasteiger partial charge < -0.3 is 14.8 Å². The van der Waals surface area contributed by atoms with E-state index in [0.29, 0.717) is 23.7 Å². The van der Waals surface area contributed by atoms with E-state index in [1.807, 2.05) is 11.0 Å². The highest BCUT2D eigenvalue weighted by atomic mass is 19.1. The lowest BCUT2D eigenvalue weighted by molar-refractivity contribution is 0.144. The summed E-state index contributed by atoms with van der Waals surface area (Å²) in [4.78, 5) is 14.5. The molecule has 0 saturated carbocycles. The Morgan fingerprint density at radius 2 is 2.09 bits per heavy atom. The molecule has 0 radical (unpaired) electrons. The minimum atomic E-state index is -0.310. The molecular formula is C18H22FN3O. The molecule has 4 nitrogen and oxygen atoms in total. The summed E-state index contributed by atoms with van der Waals surface area (Å²) in [6.07, 6.45) is 2.05. The number of carbonyl (C=O) groups excluding carboxylic acids is 1. The summed E-state index contributed by atoms with van der Waals surface area (Å²) in [6, 6.07) is 8.69. The second kappa shape index (κ2) is 6.07. The highest BCUT2D eigenvalue weighted by molar-refractivity contribution is 5.89. The normalized spacial score (nSPS) is 17.3. The second-order valence-electron chi connectivity index (χ2n) is 6.40. The van der Waals surface area contributed by atoms with E-state index in [9.17, 15) is 9.18 Å². The summed E-state index contributed by atoms with van der Waals surface area (Å²) in [6.45, 7) is 7.35. The molecule has 0 aliphatic carbocycles. The van der Waals surface area contributed by atoms with Gasteiger partial charge in [0.25, 0.3) is 0 Å². The molecule has 0 unspecified atom stereocenters. The lowest BCUT2D eigenvalue weighted by Gasteiger charge is -2.39. The maximum Gasteiger partial charge on any atom is 0.322 e. The Kier molecular flexibility index (Phi) is 4.11. The molecule has 1 aromatic heterocycles. The highest BCUT2D eigenvalue weighted by Gasteiger charge is 2.32. The molecular weight excluding hydrogens is 293 g/mol. The number of urea groups is 1. The topological polar surface area (TPSA) is 37.3 Å². The van der Waals surface area contributed by atoms with Crippen LogP contribution in [0.4, 0.5) is 14.9 Å². The van der Waals surface area contributed by atoms with Gasteiger partial charge >= 0.3 is 6.03 Å². The third kappa shape index (κ3) is 2.96. The van der Waals surface area contributed by atoms with Gasteiger partial charge in [-0.3, -0.25) is 0 Å². The van der Waals surface area contributed by atoms with E-state index in [4.69, 9.17) is 0 Å². The summed E-state index contributed by atoms with van der Waals surface area (Å²) < 4.78 is 15.9. The summed E-state index contributed by atoms with van der Waals surface area (Å²) in [5.41, 5.74) is 2.21. The van der Waals surface area contributed by atoms with Crippen LogP contribution in [0.25, 0.3) is 0 Å². The quantitative estimate of drug-likeness (QED) is 0.887. The number of hydrogen-bond acceptors (Lipinski definition) is 1. The van der Waals surface area contributed by atoms with E-state index in [0.717, 1.165) is 12.2 Å². The smallest absolute Gasteiger partial charge is 0.322 e. The predicted molar refractivity (Wildman–Crippen MR) is 88.9 cm³/mol. The van der Waals surface area contributed by atoms with Gasteiger partial charge in [-0.05, 0) is 42.7 Å². The number of amides is 2. The summed E-state index contributed by atoms with van der Waals surface area (Å²) in [5, 5.41) is 2.83. The maximum absolute atomic E-state index is 13.7. The average molecular weight is 315 g/mol. The SMILES string of the molecule is Cc1ccc(NC(=O)N2CCn3cccc3[C@@H]2C(C)C)cc1F. The Morgan fingerprint density at radius 1 is 1.30 bits per heavy atom. The van der Waals surface area contributed by atoms with Gasteiger partial charge in [-0.15, -0.1) is 0 Å². The van der Waals surface area contributed by atoms with Gasteiger partial charge in [-0.1, -0.05) is 19.9 Å². The molecule has 1 N–H and O–H groups in total. The number of carbonyl (C=O) groups is 1. The van der Waals surface area contributed by atoms with Gasteiger partial charge in [-0.25, -0.2) is 9.18 Å². The third-order valence-electron chi connectivity index (χ3n) is 4.40. The number of nitrogens with zero attached hydrogens (tertiary/aromatic N) is 2. The van der Waals surface area contributed by atoms with Crippen LogP contribution < -0.4 is 5.32 Å². The molecule has 0 saturated heterocycles. The Labute approximate surface area is 135 Å². The van der Waals surface area contributed by atoms with Gasteiger partial charge in [-0.2, -0.15) is 0 Å². The van der Waals surface area contributed by atoms with E-state index in [-0.39, 0.29) is 17.9 Å². The van der Waals surface area contributed by atoms with E-state index < -0.39 is 0 Å². The molecule has 0 fully saturated rings. The number of aromatic nitrogens is 1. The first-order chi connectivity index (χ1) is 11.0. The molecule has 2 amide bonds. The van der Waals surface area contributed by atoms with E-state index in [2.05, 4.69) is 36.0 Å². The first-order valence-corrected chi connectivity index (χ1v) is 7.96. The number of nitrogens with one attached hydrogen (secondary N) is 1. The van der Waals surface area contributed by atoms with Crippen molar-refractivity contribution >= 4 is 11.7 Å². The van der Waals surface area contributed by atoms with Crippen LogP contribution in [-0.4, -0.2) is 22.0 Å². The van der Waals surface area contributed by atoms with E-state index in [1.165, 1.54) is 6.07 Å². The molecule has 2 aromatic rings. The zero-order chi connectivity index (χ0) is 16.6. The fraction of sp³-hybridized carbons (Fsp3) is 0.389. The number of halogens is 1. The van der Waals surface area contributed by atoms with Crippen LogP contribution >= 0.6 is 0 Å². The van der Waals surface area contributed by atoms with Gasteiger partial charge in [0.2, 0.25) is 0 Å². The third-order valence-corrected chi connectivity index (χ3v) is 4.40. The molecule has 0 spiro atoms. The number of rotatable bonds is 2. The molecule has 23 heavy (non-hydrogen) atoms. The van der Waals surface area contributed by atoms with Crippen LogP contribution in [0.15, 0.2) is 36.5 Å². The Bertz CT molecular complexity index is 723. The van der Waals surface area contributed by atoms with Crippen molar-refractivity contribution in [3.63, 3.8) is 0 Å². The van der Waals surface area contributed by atoms with Crippen molar-refractivity contribution in [1.29, 1.82) is 0 Å². The number of benzene rings is 1. The molecule has 0 bridgehead atoms. The Hall–Kier alpha value is -2.30. The Balaban J connectivity index is 1.82. The van der Waals surface area contributed by atoms with Crippen LogP contribution in [0, 0.1) is 18.7 Å². The predicted octanol–water partition coefficient (Wildman–Crippen LogP) is 4.18. The van der Waals surface area contributed by atoms with Gasteiger partial charge in [0.15, 0.2) is 0 Å². The molecule has 2 heterocycles. The molecule has 1 atom stereocenters. The number of aryl methyl sites for hydroxylation is 1. The lowest BCUT2D eigenvalue weighted by Crippen LogP contribution is -2.45. The van der Waals surface area contributed by atoms with Crippen LogP contribution in [-0.2, 0) is 6.54 Å². The zero-order valence-electron chi connectivity index (χ0n) is 13.7. The summed E-state index contributed by atoms with van der Waals surface area (Å²) >= 11 is 0. The van der Waals surface area contributed by atoms with Crippen LogP contribution in [0.3, 0.4) is 0 Å². The summed E-state index contributed by atoms with van der Waals surface area (Å²) in [7, 11) is 0. The van der Waals surface area contributed by atoms with Crippen LogP contribution in [0.5, 0.6) is 0 Å². The fourth-order valence-electron chi connectivity index (χ4n) is 3.21. The minimum Gasteiger partial charge on any atom is -0.348 e. The van der Waals surface area contributed by atoms with E-state index >= 15 is 0 Å². The van der Waals surface area contributed by atoms with E-state index in [1.54, 1.807) is 19.1 Å². The van der Waals surface area contributed by atoms with Gasteiger partial charge in [0, 0.05) is 30.7 Å². The first kappa shape index (κ1) is 15.6. The van der Waals surface area contributed by atoms with Gasteiger partial charge in [0.1, 0.15) is 5.82 Å². The van der Waals surface area contributed by atoms with Crippen molar-refractivity contribution in [1.82, 2.24) is 9.47 Å². The van der Waals surface area contributed by atoms with Gasteiger partial charge in [0.05, 0.1) is 6.04 Å². The standard InChI is InChI=1S/C18H22FN3O/c1-12(2)17-16-5-4-8-21(16)9-10-22(17)18(23)20-14-7-6-13(3)15(19)11-14/h4-8,11-12,17H,9-10H2,1-3H3,(H,20,23)/t17-/m0/s1. The highest BCUT2D eigenvalue weighted by Crippen LogP contribution is 2.32. The van der Waals surface area contributed by atoms with Crippen molar-refractivity contribution < 1.29 is 9.18 Å². The average Bonchev–Trinajstić information content (AvgIpc) is 2.98. The molecule has 3 rings (SSSR count). The molecule has 1 aliphatic heterocycles. The first-order valence-electron chi connectivity index (χ1n) is 7.96. The Morgan fingerprint density at radius 3 is 2.78 bits per heavy atom. The number of fused-ring (bicyclic) bond motifs is 1. The van der Waals surface area contributed by atoms with Crippen molar-refractivity contribution in [2.75, 3.05) is 11.9 Å². The molecule has 1 aliphatic rings. The summed E-state index contributed by atoms with van der Waals surface area (Å²) in [5.74, 6) is -0.0137. The molecule has 122 valence electrons. The maximum atomic E-state index is 13.7. The number of anilines is 1. The van der Waals surface area contributed by atoms with Crippen molar-refractivity contribution in [2.24, 2.45) is 5.92 Å². The monoisotopic (exact) mass is 315 g/mol. The number of hydrogen-bond donors (Lipinski definition) is 1. The zero-order valence-corrected chi connectivity index (χ0v) is 13.7. The van der Waals surface area contributed by atoms with Crippen LogP contribution in [0.1, 0.15) is 31.1 Å². The largest absolute Gasteiger partial charge is 0.348 e. The van der Waals surface area contributed by atoms with Crippen LogP contribution in [0.2, 0.25) is 0 Å². The van der Waals surface area contributed by atoms with Crippen molar-refractivity contribution in [2.45, 2.75) is 33.4 Å². The van der Waals surface area contributed by atoms with Crippen molar-refractivity contribution in [3.8, 4) is 0 Å². The lowest BCUT2D eigenvalue weighted by atomic mass is 9.97.